The lowest BCUT2D eigenvalue weighted by Gasteiger charge is -2.23. The minimum atomic E-state index is -1.19. The van der Waals surface area contributed by atoms with Gasteiger partial charge in [-0.05, 0) is 18.4 Å². The van der Waals surface area contributed by atoms with E-state index in [1.165, 1.54) is 6.92 Å². The summed E-state index contributed by atoms with van der Waals surface area (Å²) in [6.45, 7) is 4.98. The van der Waals surface area contributed by atoms with Gasteiger partial charge in [0.2, 0.25) is 17.7 Å². The molecule has 0 spiro atoms. The molecule has 1 rings (SSSR count). The normalized spacial score (nSPS) is 14.9. The zero-order valence-corrected chi connectivity index (χ0v) is 18.2. The van der Waals surface area contributed by atoms with Crippen molar-refractivity contribution in [1.29, 1.82) is 0 Å². The Hall–Kier alpha value is -2.59. The quantitative estimate of drug-likeness (QED) is 0.261. The van der Waals surface area contributed by atoms with Crippen molar-refractivity contribution in [2.45, 2.75) is 51.4 Å². The summed E-state index contributed by atoms with van der Waals surface area (Å²) in [7, 11) is 0. The smallest absolute Gasteiger partial charge is 0.326 e. The standard InChI is InChI=1S/C20H30N4O5S/c1-11(2)16(21)19(27)24-15(10-30)18(26)22-12(3)17(25)23-14(20(28)29)9-13-7-5-4-6-8-13/h4-8,11-12,14-16,30H,9-10,21H2,1-3H3,(H,22,26)(H,23,25)(H,24,27)(H,28,29). The van der Waals surface area contributed by atoms with Crippen molar-refractivity contribution in [2.75, 3.05) is 5.75 Å². The maximum atomic E-state index is 12.4. The van der Waals surface area contributed by atoms with Crippen molar-refractivity contribution in [1.82, 2.24) is 16.0 Å². The molecule has 0 bridgehead atoms. The van der Waals surface area contributed by atoms with Gasteiger partial charge in [-0.25, -0.2) is 4.79 Å². The van der Waals surface area contributed by atoms with Crippen LogP contribution in [-0.2, 0) is 25.6 Å². The van der Waals surface area contributed by atoms with E-state index in [2.05, 4.69) is 28.6 Å². The van der Waals surface area contributed by atoms with Gasteiger partial charge >= 0.3 is 5.97 Å². The van der Waals surface area contributed by atoms with Gasteiger partial charge in [0.1, 0.15) is 18.1 Å². The van der Waals surface area contributed by atoms with E-state index in [1.54, 1.807) is 44.2 Å². The lowest BCUT2D eigenvalue weighted by Crippen LogP contribution is -2.57. The average molecular weight is 439 g/mol. The molecule has 6 N–H and O–H groups in total. The van der Waals surface area contributed by atoms with Gasteiger partial charge in [0, 0.05) is 12.2 Å². The summed E-state index contributed by atoms with van der Waals surface area (Å²) >= 11 is 4.07. The number of aliphatic carboxylic acids is 1. The number of benzene rings is 1. The number of nitrogens with one attached hydrogen (secondary N) is 3. The van der Waals surface area contributed by atoms with E-state index in [0.717, 1.165) is 5.56 Å². The van der Waals surface area contributed by atoms with Gasteiger partial charge in [-0.15, -0.1) is 0 Å². The van der Waals surface area contributed by atoms with E-state index >= 15 is 0 Å². The number of carboxylic acids is 1. The Balaban J connectivity index is 2.68. The predicted octanol–water partition coefficient (Wildman–Crippen LogP) is -0.299. The topological polar surface area (TPSA) is 151 Å². The molecular formula is C20H30N4O5S. The van der Waals surface area contributed by atoms with Crippen LogP contribution in [0.4, 0.5) is 0 Å². The molecule has 3 amide bonds. The molecule has 4 unspecified atom stereocenters. The van der Waals surface area contributed by atoms with E-state index in [9.17, 15) is 24.3 Å². The highest BCUT2D eigenvalue weighted by molar-refractivity contribution is 7.80. The van der Waals surface area contributed by atoms with E-state index < -0.39 is 47.9 Å². The van der Waals surface area contributed by atoms with Crippen LogP contribution in [0.15, 0.2) is 30.3 Å². The molecule has 0 saturated heterocycles. The number of amides is 3. The number of hydrogen-bond acceptors (Lipinski definition) is 6. The number of nitrogens with two attached hydrogens (primary N) is 1. The average Bonchev–Trinajstić information content (AvgIpc) is 2.70. The Morgan fingerprint density at radius 2 is 1.50 bits per heavy atom. The fraction of sp³-hybridized carbons (Fsp3) is 0.500. The van der Waals surface area contributed by atoms with Crippen LogP contribution in [0.1, 0.15) is 26.3 Å². The van der Waals surface area contributed by atoms with Gasteiger partial charge in [0.05, 0.1) is 6.04 Å². The fourth-order valence-corrected chi connectivity index (χ4v) is 2.75. The number of carbonyl (C=O) groups is 4. The Morgan fingerprint density at radius 1 is 0.933 bits per heavy atom. The van der Waals surface area contributed by atoms with Crippen molar-refractivity contribution in [3.8, 4) is 0 Å². The molecule has 1 aromatic rings. The van der Waals surface area contributed by atoms with Crippen molar-refractivity contribution < 1.29 is 24.3 Å². The molecule has 0 aliphatic carbocycles. The highest BCUT2D eigenvalue weighted by Crippen LogP contribution is 2.04. The van der Waals surface area contributed by atoms with Crippen LogP contribution >= 0.6 is 12.6 Å². The van der Waals surface area contributed by atoms with Crippen LogP contribution in [-0.4, -0.2) is 58.7 Å². The molecule has 10 heteroatoms. The first kappa shape index (κ1) is 25.4. The number of carbonyl (C=O) groups excluding carboxylic acids is 3. The highest BCUT2D eigenvalue weighted by Gasteiger charge is 2.28. The monoisotopic (exact) mass is 438 g/mol. The molecule has 9 nitrogen and oxygen atoms in total. The molecule has 0 aromatic heterocycles. The van der Waals surface area contributed by atoms with E-state index in [0.29, 0.717) is 0 Å². The van der Waals surface area contributed by atoms with E-state index in [4.69, 9.17) is 5.73 Å². The summed E-state index contributed by atoms with van der Waals surface area (Å²) in [6, 6.07) is 4.93. The maximum absolute atomic E-state index is 12.4. The summed E-state index contributed by atoms with van der Waals surface area (Å²) in [5, 5.41) is 16.8. The Labute approximate surface area is 181 Å². The van der Waals surface area contributed by atoms with Crippen LogP contribution < -0.4 is 21.7 Å². The second kappa shape index (κ2) is 12.2. The Bertz CT molecular complexity index is 744. The lowest BCUT2D eigenvalue weighted by molar-refractivity contribution is -0.142. The SMILES string of the molecule is CC(NC(=O)C(CS)NC(=O)C(N)C(C)C)C(=O)NC(Cc1ccccc1)C(=O)O. The summed E-state index contributed by atoms with van der Waals surface area (Å²) in [5.74, 6) is -3.07. The minimum Gasteiger partial charge on any atom is -0.480 e. The largest absolute Gasteiger partial charge is 0.480 e. The molecule has 166 valence electrons. The van der Waals surface area contributed by atoms with Gasteiger partial charge < -0.3 is 26.8 Å². The van der Waals surface area contributed by atoms with E-state index in [1.807, 2.05) is 0 Å². The first-order valence-corrected chi connectivity index (χ1v) is 10.2. The second-order valence-corrected chi connectivity index (χ2v) is 7.70. The fourth-order valence-electron chi connectivity index (χ4n) is 2.49. The summed E-state index contributed by atoms with van der Waals surface area (Å²) in [4.78, 5) is 48.4. The first-order valence-electron chi connectivity index (χ1n) is 9.61. The van der Waals surface area contributed by atoms with Crippen molar-refractivity contribution >= 4 is 36.3 Å². The van der Waals surface area contributed by atoms with Crippen LogP contribution in [0.25, 0.3) is 0 Å². The number of hydrogen-bond donors (Lipinski definition) is 6. The maximum Gasteiger partial charge on any atom is 0.326 e. The van der Waals surface area contributed by atoms with Gasteiger partial charge in [0.15, 0.2) is 0 Å². The summed E-state index contributed by atoms with van der Waals surface area (Å²) in [6.07, 6.45) is 0.102. The lowest BCUT2D eigenvalue weighted by atomic mass is 10.0. The zero-order chi connectivity index (χ0) is 22.8. The van der Waals surface area contributed by atoms with Crippen molar-refractivity contribution in [3.05, 3.63) is 35.9 Å². The van der Waals surface area contributed by atoms with Gasteiger partial charge in [0.25, 0.3) is 0 Å². The predicted molar refractivity (Wildman–Crippen MR) is 116 cm³/mol. The number of carboxylic acid groups (broad SMARTS) is 1. The Morgan fingerprint density at radius 3 is 2.00 bits per heavy atom. The number of thiol groups is 1. The highest BCUT2D eigenvalue weighted by atomic mass is 32.1. The third-order valence-electron chi connectivity index (χ3n) is 4.49. The first-order chi connectivity index (χ1) is 14.1. The molecule has 0 aliphatic rings. The molecule has 0 fully saturated rings. The molecule has 1 aromatic carbocycles. The minimum absolute atomic E-state index is 0.00247. The number of rotatable bonds is 11. The molecule has 30 heavy (non-hydrogen) atoms. The third kappa shape index (κ3) is 8.03. The second-order valence-electron chi connectivity index (χ2n) is 7.33. The van der Waals surface area contributed by atoms with Crippen molar-refractivity contribution in [3.63, 3.8) is 0 Å². The summed E-state index contributed by atoms with van der Waals surface area (Å²) in [5.41, 5.74) is 6.52. The molecule has 0 saturated carbocycles. The van der Waals surface area contributed by atoms with Crippen molar-refractivity contribution in [2.24, 2.45) is 11.7 Å². The van der Waals surface area contributed by atoms with Crippen LogP contribution in [0.3, 0.4) is 0 Å². The molecular weight excluding hydrogens is 408 g/mol. The zero-order valence-electron chi connectivity index (χ0n) is 17.3. The third-order valence-corrected chi connectivity index (χ3v) is 4.85. The van der Waals surface area contributed by atoms with Crippen LogP contribution in [0.2, 0.25) is 0 Å². The molecule has 0 aliphatic heterocycles. The molecule has 0 radical (unpaired) electrons. The van der Waals surface area contributed by atoms with Gasteiger partial charge in [-0.2, -0.15) is 12.6 Å². The summed E-state index contributed by atoms with van der Waals surface area (Å²) < 4.78 is 0. The van der Waals surface area contributed by atoms with Gasteiger partial charge in [-0.3, -0.25) is 14.4 Å². The van der Waals surface area contributed by atoms with Crippen LogP contribution in [0, 0.1) is 5.92 Å². The molecule has 4 atom stereocenters. The Kier molecular flexibility index (Phi) is 10.3. The van der Waals surface area contributed by atoms with Crippen LogP contribution in [0.5, 0.6) is 0 Å². The molecule has 0 heterocycles. The van der Waals surface area contributed by atoms with E-state index in [-0.39, 0.29) is 18.1 Å². The van der Waals surface area contributed by atoms with Gasteiger partial charge in [-0.1, -0.05) is 44.2 Å².